The molecule has 0 spiro atoms. The molecule has 7 nitrogen and oxygen atoms in total. The molecule has 1 aromatic heterocycles. The minimum Gasteiger partial charge on any atom is -0.479 e. The molecule has 1 N–H and O–H groups in total. The van der Waals surface area contributed by atoms with Crippen molar-refractivity contribution in [2.24, 2.45) is 7.05 Å². The minimum absolute atomic E-state index is 0.0700. The van der Waals surface area contributed by atoms with E-state index in [-0.39, 0.29) is 19.1 Å². The highest BCUT2D eigenvalue weighted by Gasteiger charge is 2.42. The third-order valence-corrected chi connectivity index (χ3v) is 5.67. The summed E-state index contributed by atoms with van der Waals surface area (Å²) in [5, 5.41) is 13.9. The van der Waals surface area contributed by atoms with Crippen LogP contribution in [0.15, 0.2) is 54.7 Å². The van der Waals surface area contributed by atoms with Crippen LogP contribution in [0.3, 0.4) is 0 Å². The molecular formula is C22H19N3O4. The van der Waals surface area contributed by atoms with Crippen LogP contribution in [0.1, 0.15) is 34.3 Å². The fraction of sp³-hybridized carbons (Fsp3) is 0.227. The maximum Gasteiger partial charge on any atom is 0.411 e. The van der Waals surface area contributed by atoms with Gasteiger partial charge in [0.25, 0.3) is 0 Å². The summed E-state index contributed by atoms with van der Waals surface area (Å²) in [7, 11) is 1.73. The predicted octanol–water partition coefficient (Wildman–Crippen LogP) is 3.31. The summed E-state index contributed by atoms with van der Waals surface area (Å²) in [6.07, 6.45) is 1.00. The highest BCUT2D eigenvalue weighted by atomic mass is 16.6. The van der Waals surface area contributed by atoms with Crippen molar-refractivity contribution < 1.29 is 19.4 Å². The van der Waals surface area contributed by atoms with Gasteiger partial charge in [-0.15, -0.1) is 0 Å². The predicted molar refractivity (Wildman–Crippen MR) is 104 cm³/mol. The fourth-order valence-corrected chi connectivity index (χ4v) is 4.44. The molecule has 1 aliphatic heterocycles. The van der Waals surface area contributed by atoms with Gasteiger partial charge >= 0.3 is 12.1 Å². The van der Waals surface area contributed by atoms with E-state index in [0.29, 0.717) is 11.3 Å². The quantitative estimate of drug-likeness (QED) is 0.743. The SMILES string of the molecule is Cn1cc2c(n1)CN(C(=O)OCC1c3ccccc3-c3ccccc31)C2C(=O)O. The molecule has 7 heteroatoms. The average molecular weight is 389 g/mol. The second-order valence-corrected chi connectivity index (χ2v) is 7.38. The van der Waals surface area contributed by atoms with Crippen LogP contribution >= 0.6 is 0 Å². The number of aliphatic carboxylic acids is 1. The Hall–Kier alpha value is -3.61. The summed E-state index contributed by atoms with van der Waals surface area (Å²) in [6, 6.07) is 15.1. The van der Waals surface area contributed by atoms with E-state index in [1.54, 1.807) is 17.9 Å². The number of ether oxygens (including phenoxy) is 1. The molecule has 0 bridgehead atoms. The number of rotatable bonds is 3. The van der Waals surface area contributed by atoms with Crippen LogP contribution in [0.2, 0.25) is 0 Å². The van der Waals surface area contributed by atoms with Gasteiger partial charge in [-0.05, 0) is 22.3 Å². The maximum absolute atomic E-state index is 12.8. The molecule has 2 aromatic carbocycles. The summed E-state index contributed by atoms with van der Waals surface area (Å²) >= 11 is 0. The van der Waals surface area contributed by atoms with Crippen LogP contribution in [-0.4, -0.2) is 38.5 Å². The first-order valence-electron chi connectivity index (χ1n) is 9.41. The van der Waals surface area contributed by atoms with Gasteiger partial charge in [0.15, 0.2) is 6.04 Å². The fourth-order valence-electron chi connectivity index (χ4n) is 4.44. The molecule has 2 aliphatic rings. The van der Waals surface area contributed by atoms with Gasteiger partial charge in [-0.2, -0.15) is 5.10 Å². The Morgan fingerprint density at radius 1 is 1.07 bits per heavy atom. The molecule has 0 fully saturated rings. The van der Waals surface area contributed by atoms with Crippen molar-refractivity contribution in [1.29, 1.82) is 0 Å². The number of carbonyl (C=O) groups excluding carboxylic acids is 1. The number of fused-ring (bicyclic) bond motifs is 4. The van der Waals surface area contributed by atoms with E-state index in [9.17, 15) is 14.7 Å². The summed E-state index contributed by atoms with van der Waals surface area (Å²) in [5.74, 6) is -1.16. The van der Waals surface area contributed by atoms with Crippen molar-refractivity contribution in [1.82, 2.24) is 14.7 Å². The second-order valence-electron chi connectivity index (χ2n) is 7.38. The van der Waals surface area contributed by atoms with E-state index in [0.717, 1.165) is 22.3 Å². The van der Waals surface area contributed by atoms with E-state index in [1.807, 2.05) is 36.4 Å². The Balaban J connectivity index is 1.38. The topological polar surface area (TPSA) is 84.7 Å². The highest BCUT2D eigenvalue weighted by molar-refractivity contribution is 5.83. The van der Waals surface area contributed by atoms with Crippen molar-refractivity contribution in [3.63, 3.8) is 0 Å². The molecule has 0 saturated carbocycles. The zero-order valence-electron chi connectivity index (χ0n) is 15.8. The van der Waals surface area contributed by atoms with Crippen molar-refractivity contribution in [2.45, 2.75) is 18.5 Å². The van der Waals surface area contributed by atoms with Crippen molar-refractivity contribution in [3.8, 4) is 11.1 Å². The number of carboxylic acids is 1. The average Bonchev–Trinajstić information content (AvgIpc) is 3.34. The number of aryl methyl sites for hydroxylation is 1. The first-order valence-corrected chi connectivity index (χ1v) is 9.41. The van der Waals surface area contributed by atoms with Crippen LogP contribution in [0.4, 0.5) is 4.79 Å². The molecule has 1 unspecified atom stereocenters. The van der Waals surface area contributed by atoms with Crippen molar-refractivity contribution >= 4 is 12.1 Å². The molecule has 29 heavy (non-hydrogen) atoms. The molecule has 1 atom stereocenters. The lowest BCUT2D eigenvalue weighted by Crippen LogP contribution is -2.35. The maximum atomic E-state index is 12.8. The summed E-state index contributed by atoms with van der Waals surface area (Å²) < 4.78 is 7.19. The van der Waals surface area contributed by atoms with E-state index in [4.69, 9.17) is 4.74 Å². The molecular weight excluding hydrogens is 370 g/mol. The van der Waals surface area contributed by atoms with Crippen molar-refractivity contribution in [3.05, 3.63) is 77.1 Å². The number of hydrogen-bond acceptors (Lipinski definition) is 4. The Labute approximate surface area is 167 Å². The van der Waals surface area contributed by atoms with Gasteiger partial charge in [0.1, 0.15) is 6.61 Å². The molecule has 2 heterocycles. The summed E-state index contributed by atoms with van der Waals surface area (Å²) in [6.45, 7) is 0.283. The molecule has 1 aliphatic carbocycles. The second kappa shape index (κ2) is 6.48. The normalized spacial score (nSPS) is 17.0. The lowest BCUT2D eigenvalue weighted by atomic mass is 9.98. The highest BCUT2D eigenvalue weighted by Crippen LogP contribution is 2.44. The number of hydrogen-bond donors (Lipinski definition) is 1. The molecule has 3 aromatic rings. The third kappa shape index (κ3) is 2.69. The number of benzene rings is 2. The van der Waals surface area contributed by atoms with Gasteiger partial charge < -0.3 is 9.84 Å². The molecule has 146 valence electrons. The van der Waals surface area contributed by atoms with Crippen molar-refractivity contribution in [2.75, 3.05) is 6.61 Å². The zero-order valence-corrected chi connectivity index (χ0v) is 15.8. The first kappa shape index (κ1) is 17.5. The lowest BCUT2D eigenvalue weighted by Gasteiger charge is -2.23. The van der Waals surface area contributed by atoms with E-state index < -0.39 is 18.1 Å². The zero-order chi connectivity index (χ0) is 20.1. The van der Waals surface area contributed by atoms with Gasteiger partial charge in [0.2, 0.25) is 0 Å². The van der Waals surface area contributed by atoms with Gasteiger partial charge in [-0.1, -0.05) is 48.5 Å². The molecule has 1 amide bonds. The number of carbonyl (C=O) groups is 2. The summed E-state index contributed by atoms with van der Waals surface area (Å²) in [4.78, 5) is 25.8. The number of carboxylic acid groups (broad SMARTS) is 1. The largest absolute Gasteiger partial charge is 0.479 e. The lowest BCUT2D eigenvalue weighted by molar-refractivity contribution is -0.142. The number of nitrogens with zero attached hydrogens (tertiary/aromatic N) is 3. The third-order valence-electron chi connectivity index (χ3n) is 5.67. The van der Waals surface area contributed by atoms with Gasteiger partial charge in [-0.3, -0.25) is 9.58 Å². The minimum atomic E-state index is -1.09. The number of amides is 1. The molecule has 0 radical (unpaired) electrons. The van der Waals surface area contributed by atoms with Crippen LogP contribution in [0.25, 0.3) is 11.1 Å². The van der Waals surface area contributed by atoms with Crippen LogP contribution < -0.4 is 0 Å². The monoisotopic (exact) mass is 389 g/mol. The first-order chi connectivity index (χ1) is 14.0. The Bertz CT molecular complexity index is 1090. The summed E-state index contributed by atoms with van der Waals surface area (Å²) in [5.41, 5.74) is 5.64. The Kier molecular flexibility index (Phi) is 3.91. The van der Waals surface area contributed by atoms with Gasteiger partial charge in [-0.25, -0.2) is 9.59 Å². The van der Waals surface area contributed by atoms with Crippen LogP contribution in [0, 0.1) is 0 Å². The number of aromatic nitrogens is 2. The molecule has 0 saturated heterocycles. The van der Waals surface area contributed by atoms with E-state index >= 15 is 0 Å². The Morgan fingerprint density at radius 3 is 2.31 bits per heavy atom. The molecule has 5 rings (SSSR count). The standard InChI is InChI=1S/C22H19N3O4/c1-24-10-17-19(23-24)11-25(20(17)21(26)27)22(28)29-12-18-15-8-4-2-6-13(15)14-7-3-5-9-16(14)18/h2-10,18,20H,11-12H2,1H3,(H,26,27). The van der Waals surface area contributed by atoms with Gasteiger partial charge in [0, 0.05) is 24.7 Å². The van der Waals surface area contributed by atoms with Crippen LogP contribution in [0.5, 0.6) is 0 Å². The van der Waals surface area contributed by atoms with E-state index in [1.165, 1.54) is 4.90 Å². The smallest absolute Gasteiger partial charge is 0.411 e. The Morgan fingerprint density at radius 2 is 1.69 bits per heavy atom. The van der Waals surface area contributed by atoms with E-state index in [2.05, 4.69) is 17.2 Å². The van der Waals surface area contributed by atoms with Crippen LogP contribution in [-0.2, 0) is 23.1 Å². The van der Waals surface area contributed by atoms with Gasteiger partial charge in [0.05, 0.1) is 12.2 Å².